The predicted molar refractivity (Wildman–Crippen MR) is 136 cm³/mol. The maximum Gasteiger partial charge on any atom is 0.293 e. The summed E-state index contributed by atoms with van der Waals surface area (Å²) in [5, 5.41) is 0.0729. The normalized spacial score (nSPS) is 14.7. The molecule has 2 amide bonds. The summed E-state index contributed by atoms with van der Waals surface area (Å²) in [6.45, 7) is 4.91. The van der Waals surface area contributed by atoms with Crippen molar-refractivity contribution < 1.29 is 19.1 Å². The van der Waals surface area contributed by atoms with Crippen molar-refractivity contribution in [3.05, 3.63) is 98.9 Å². The summed E-state index contributed by atoms with van der Waals surface area (Å²) in [7, 11) is 0. The molecule has 0 spiro atoms. The number of thioether (sulfide) groups is 1. The Morgan fingerprint density at radius 2 is 1.74 bits per heavy atom. The number of aryl methyl sites for hydroxylation is 1. The molecule has 7 heteroatoms. The van der Waals surface area contributed by atoms with Gasteiger partial charge in [0.1, 0.15) is 6.61 Å². The zero-order valence-corrected chi connectivity index (χ0v) is 20.5. The van der Waals surface area contributed by atoms with Crippen molar-refractivity contribution in [3.8, 4) is 11.5 Å². The van der Waals surface area contributed by atoms with Gasteiger partial charge in [0.05, 0.1) is 23.1 Å². The molecule has 0 aliphatic carbocycles. The molecule has 0 saturated carbocycles. The maximum absolute atomic E-state index is 12.9. The number of amides is 2. The average molecular weight is 494 g/mol. The van der Waals surface area contributed by atoms with Gasteiger partial charge in [-0.3, -0.25) is 14.5 Å². The summed E-state index contributed by atoms with van der Waals surface area (Å²) < 4.78 is 11.8. The standard InChI is InChI=1S/C27H24ClNO4S/c1-3-32-23-14-20(13-22(28)25(23)33-17-21-12-8-7-9-18(21)2)15-24-26(30)29(27(31)34-24)16-19-10-5-4-6-11-19/h4-15H,3,16-17H2,1-2H3/b24-15-. The number of carbonyl (C=O) groups is 2. The van der Waals surface area contributed by atoms with Gasteiger partial charge in [0.15, 0.2) is 11.5 Å². The number of halogens is 1. The average Bonchev–Trinajstić information content (AvgIpc) is 3.08. The Bertz CT molecular complexity index is 1240. The van der Waals surface area contributed by atoms with Crippen LogP contribution in [0.1, 0.15) is 29.2 Å². The predicted octanol–water partition coefficient (Wildman–Crippen LogP) is 6.86. The highest BCUT2D eigenvalue weighted by atomic mass is 35.5. The topological polar surface area (TPSA) is 55.8 Å². The number of hydrogen-bond donors (Lipinski definition) is 0. The Morgan fingerprint density at radius 1 is 1.00 bits per heavy atom. The molecule has 0 atom stereocenters. The van der Waals surface area contributed by atoms with Crippen LogP contribution >= 0.6 is 23.4 Å². The van der Waals surface area contributed by atoms with Crippen LogP contribution in [-0.4, -0.2) is 22.7 Å². The van der Waals surface area contributed by atoms with E-state index in [-0.39, 0.29) is 17.7 Å². The maximum atomic E-state index is 12.9. The van der Waals surface area contributed by atoms with E-state index in [0.717, 1.165) is 28.5 Å². The number of benzene rings is 3. The molecular weight excluding hydrogens is 470 g/mol. The molecule has 1 aliphatic rings. The van der Waals surface area contributed by atoms with E-state index in [1.165, 1.54) is 4.90 Å². The molecule has 3 aromatic rings. The van der Waals surface area contributed by atoms with Crippen molar-refractivity contribution in [2.45, 2.75) is 27.0 Å². The molecule has 5 nitrogen and oxygen atoms in total. The highest BCUT2D eigenvalue weighted by Crippen LogP contribution is 2.40. The minimum atomic E-state index is -0.326. The van der Waals surface area contributed by atoms with Crippen LogP contribution in [0, 0.1) is 6.92 Å². The van der Waals surface area contributed by atoms with Crippen LogP contribution in [0.3, 0.4) is 0 Å². The van der Waals surface area contributed by atoms with Gasteiger partial charge in [-0.15, -0.1) is 0 Å². The molecule has 0 radical (unpaired) electrons. The van der Waals surface area contributed by atoms with Gasteiger partial charge in [-0.2, -0.15) is 0 Å². The Morgan fingerprint density at radius 3 is 2.47 bits per heavy atom. The third kappa shape index (κ3) is 5.46. The monoisotopic (exact) mass is 493 g/mol. The number of imide groups is 1. The molecule has 4 rings (SSSR count). The lowest BCUT2D eigenvalue weighted by atomic mass is 10.1. The van der Waals surface area contributed by atoms with Crippen LogP contribution in [0.15, 0.2) is 71.6 Å². The zero-order chi connectivity index (χ0) is 24.1. The molecule has 3 aromatic carbocycles. The summed E-state index contributed by atoms with van der Waals surface area (Å²) in [6.07, 6.45) is 1.66. The van der Waals surface area contributed by atoms with Crippen molar-refractivity contribution in [3.63, 3.8) is 0 Å². The van der Waals surface area contributed by atoms with E-state index in [4.69, 9.17) is 21.1 Å². The van der Waals surface area contributed by atoms with Gasteiger partial charge in [0, 0.05) is 0 Å². The minimum Gasteiger partial charge on any atom is -0.490 e. The number of ether oxygens (including phenoxy) is 2. The molecule has 34 heavy (non-hydrogen) atoms. The van der Waals surface area contributed by atoms with Crippen LogP contribution < -0.4 is 9.47 Å². The Kier molecular flexibility index (Phi) is 7.60. The van der Waals surface area contributed by atoms with Crippen LogP contribution in [0.4, 0.5) is 4.79 Å². The van der Waals surface area contributed by atoms with Gasteiger partial charge in [0.2, 0.25) is 0 Å². The molecule has 0 aromatic heterocycles. The number of rotatable bonds is 8. The lowest BCUT2D eigenvalue weighted by molar-refractivity contribution is -0.123. The molecule has 174 valence electrons. The summed E-state index contributed by atoms with van der Waals surface area (Å²) in [5.41, 5.74) is 3.72. The second-order valence-corrected chi connectivity index (χ2v) is 9.13. The molecule has 1 saturated heterocycles. The second-order valence-electron chi connectivity index (χ2n) is 7.73. The van der Waals surface area contributed by atoms with E-state index in [1.54, 1.807) is 18.2 Å². The summed E-state index contributed by atoms with van der Waals surface area (Å²) in [6, 6.07) is 20.9. The first-order chi connectivity index (χ1) is 16.5. The Balaban J connectivity index is 1.56. The van der Waals surface area contributed by atoms with E-state index < -0.39 is 0 Å². The fraction of sp³-hybridized carbons (Fsp3) is 0.185. The van der Waals surface area contributed by atoms with Crippen molar-refractivity contribution in [2.24, 2.45) is 0 Å². The van der Waals surface area contributed by atoms with Crippen molar-refractivity contribution in [1.29, 1.82) is 0 Å². The van der Waals surface area contributed by atoms with Gasteiger partial charge in [-0.25, -0.2) is 0 Å². The van der Waals surface area contributed by atoms with Crippen LogP contribution in [0.2, 0.25) is 5.02 Å². The first-order valence-corrected chi connectivity index (χ1v) is 12.1. The third-order valence-electron chi connectivity index (χ3n) is 5.32. The fourth-order valence-electron chi connectivity index (χ4n) is 3.55. The molecule has 0 N–H and O–H groups in total. The van der Waals surface area contributed by atoms with E-state index in [9.17, 15) is 9.59 Å². The first kappa shape index (κ1) is 23.9. The molecule has 0 unspecified atom stereocenters. The SMILES string of the molecule is CCOc1cc(/C=C2\SC(=O)N(Cc3ccccc3)C2=O)cc(Cl)c1OCc1ccccc1C. The quantitative estimate of drug-likeness (QED) is 0.321. The number of carbonyl (C=O) groups excluding carboxylic acids is 2. The lowest BCUT2D eigenvalue weighted by Crippen LogP contribution is -2.27. The minimum absolute atomic E-state index is 0.236. The fourth-order valence-corrected chi connectivity index (χ4v) is 4.66. The molecular formula is C27H24ClNO4S. The van der Waals surface area contributed by atoms with Gasteiger partial charge in [-0.05, 0) is 66.1 Å². The number of nitrogens with zero attached hydrogens (tertiary/aromatic N) is 1. The highest BCUT2D eigenvalue weighted by Gasteiger charge is 2.35. The van der Waals surface area contributed by atoms with Gasteiger partial charge < -0.3 is 9.47 Å². The molecule has 0 bridgehead atoms. The molecule has 1 heterocycles. The highest BCUT2D eigenvalue weighted by molar-refractivity contribution is 8.18. The van der Waals surface area contributed by atoms with Crippen molar-refractivity contribution >= 4 is 40.6 Å². The smallest absolute Gasteiger partial charge is 0.293 e. The second kappa shape index (κ2) is 10.8. The van der Waals surface area contributed by atoms with E-state index >= 15 is 0 Å². The summed E-state index contributed by atoms with van der Waals surface area (Å²) in [5.74, 6) is 0.604. The van der Waals surface area contributed by atoms with Crippen LogP contribution in [-0.2, 0) is 17.9 Å². The lowest BCUT2D eigenvalue weighted by Gasteiger charge is -2.15. The van der Waals surface area contributed by atoms with Gasteiger partial charge >= 0.3 is 0 Å². The van der Waals surface area contributed by atoms with E-state index in [0.29, 0.717) is 40.2 Å². The molecule has 1 aliphatic heterocycles. The summed E-state index contributed by atoms with van der Waals surface area (Å²) >= 11 is 7.48. The van der Waals surface area contributed by atoms with Gasteiger partial charge in [0.25, 0.3) is 11.1 Å². The van der Waals surface area contributed by atoms with Gasteiger partial charge in [-0.1, -0.05) is 66.2 Å². The van der Waals surface area contributed by atoms with Crippen molar-refractivity contribution in [1.82, 2.24) is 4.90 Å². The third-order valence-corrected chi connectivity index (χ3v) is 6.51. The Hall–Kier alpha value is -3.22. The van der Waals surface area contributed by atoms with E-state index in [2.05, 4.69) is 0 Å². The molecule has 1 fully saturated rings. The van der Waals surface area contributed by atoms with Crippen LogP contribution in [0.25, 0.3) is 6.08 Å². The zero-order valence-electron chi connectivity index (χ0n) is 18.9. The number of hydrogen-bond acceptors (Lipinski definition) is 5. The Labute approximate surface area is 208 Å². The summed E-state index contributed by atoms with van der Waals surface area (Å²) in [4.78, 5) is 27.0. The van der Waals surface area contributed by atoms with Crippen LogP contribution in [0.5, 0.6) is 11.5 Å². The van der Waals surface area contributed by atoms with Crippen molar-refractivity contribution in [2.75, 3.05) is 6.61 Å². The first-order valence-electron chi connectivity index (χ1n) is 10.9. The largest absolute Gasteiger partial charge is 0.490 e. The van der Waals surface area contributed by atoms with E-state index in [1.807, 2.05) is 68.4 Å².